The standard InChI is InChI=1S/C12H13N3OS/c1-14-11-3-2-9(4-8(11)6-13-14)15-7-10(17)5-12(15)16/h2-4,6,10,17H,5,7H2,1H3. The second kappa shape index (κ2) is 3.77. The fourth-order valence-electron chi connectivity index (χ4n) is 2.26. The van der Waals surface area contributed by atoms with E-state index < -0.39 is 0 Å². The van der Waals surface area contributed by atoms with Gasteiger partial charge in [0.25, 0.3) is 0 Å². The number of carbonyl (C=O) groups is 1. The minimum Gasteiger partial charge on any atom is -0.311 e. The fourth-order valence-corrected chi connectivity index (χ4v) is 2.58. The molecule has 0 spiro atoms. The maximum Gasteiger partial charge on any atom is 0.228 e. The van der Waals surface area contributed by atoms with Crippen molar-refractivity contribution in [2.24, 2.45) is 7.05 Å². The van der Waals surface area contributed by atoms with Crippen molar-refractivity contribution in [2.75, 3.05) is 11.4 Å². The molecule has 88 valence electrons. The molecule has 1 aliphatic rings. The zero-order valence-corrected chi connectivity index (χ0v) is 10.4. The van der Waals surface area contributed by atoms with Crippen LogP contribution in [0.5, 0.6) is 0 Å². The van der Waals surface area contributed by atoms with Crippen molar-refractivity contribution in [1.82, 2.24) is 9.78 Å². The van der Waals surface area contributed by atoms with E-state index >= 15 is 0 Å². The topological polar surface area (TPSA) is 38.1 Å². The van der Waals surface area contributed by atoms with Gasteiger partial charge >= 0.3 is 0 Å². The number of hydrogen-bond acceptors (Lipinski definition) is 3. The molecule has 0 N–H and O–H groups in total. The molecule has 1 aliphatic heterocycles. The molecule has 0 aliphatic carbocycles. The van der Waals surface area contributed by atoms with E-state index in [1.54, 1.807) is 4.90 Å². The van der Waals surface area contributed by atoms with Gasteiger partial charge in [0.05, 0.1) is 11.7 Å². The van der Waals surface area contributed by atoms with Crippen molar-refractivity contribution in [2.45, 2.75) is 11.7 Å². The monoisotopic (exact) mass is 247 g/mol. The summed E-state index contributed by atoms with van der Waals surface area (Å²) < 4.78 is 1.83. The van der Waals surface area contributed by atoms with Gasteiger partial charge in [-0.1, -0.05) is 0 Å². The molecule has 0 radical (unpaired) electrons. The summed E-state index contributed by atoms with van der Waals surface area (Å²) in [7, 11) is 1.91. The second-order valence-electron chi connectivity index (χ2n) is 4.37. The van der Waals surface area contributed by atoms with Gasteiger partial charge in [-0.05, 0) is 18.2 Å². The lowest BCUT2D eigenvalue weighted by molar-refractivity contribution is -0.117. The van der Waals surface area contributed by atoms with Crippen LogP contribution in [0, 0.1) is 0 Å². The summed E-state index contributed by atoms with van der Waals surface area (Å²) in [5.41, 5.74) is 2.01. The zero-order valence-electron chi connectivity index (χ0n) is 9.50. The van der Waals surface area contributed by atoms with Gasteiger partial charge in [-0.25, -0.2) is 0 Å². The van der Waals surface area contributed by atoms with Crippen LogP contribution in [0.15, 0.2) is 24.4 Å². The number of aromatic nitrogens is 2. The highest BCUT2D eigenvalue weighted by Gasteiger charge is 2.28. The van der Waals surface area contributed by atoms with Gasteiger partial charge in [0.2, 0.25) is 5.91 Å². The van der Waals surface area contributed by atoms with E-state index in [9.17, 15) is 4.79 Å². The average molecular weight is 247 g/mol. The lowest BCUT2D eigenvalue weighted by Gasteiger charge is -2.16. The van der Waals surface area contributed by atoms with Crippen molar-refractivity contribution in [1.29, 1.82) is 0 Å². The Labute approximate surface area is 105 Å². The molecule has 0 saturated carbocycles. The molecular formula is C12H13N3OS. The van der Waals surface area contributed by atoms with E-state index in [0.29, 0.717) is 13.0 Å². The van der Waals surface area contributed by atoms with Gasteiger partial charge in [-0.2, -0.15) is 17.7 Å². The number of rotatable bonds is 1. The first kappa shape index (κ1) is 10.7. The maximum absolute atomic E-state index is 11.8. The Morgan fingerprint density at radius 2 is 2.29 bits per heavy atom. The highest BCUT2D eigenvalue weighted by Crippen LogP contribution is 2.27. The van der Waals surface area contributed by atoms with Crippen molar-refractivity contribution in [3.8, 4) is 0 Å². The molecule has 1 fully saturated rings. The Hall–Kier alpha value is -1.49. The number of thiol groups is 1. The van der Waals surface area contributed by atoms with E-state index in [2.05, 4.69) is 17.7 Å². The summed E-state index contributed by atoms with van der Waals surface area (Å²) in [5, 5.41) is 5.40. The number of benzene rings is 1. The van der Waals surface area contributed by atoms with Crippen molar-refractivity contribution < 1.29 is 4.79 Å². The van der Waals surface area contributed by atoms with E-state index in [0.717, 1.165) is 16.6 Å². The van der Waals surface area contributed by atoms with Crippen molar-refractivity contribution in [3.63, 3.8) is 0 Å². The lowest BCUT2D eigenvalue weighted by atomic mass is 10.2. The Balaban J connectivity index is 2.03. The van der Waals surface area contributed by atoms with Crippen LogP contribution in [0.4, 0.5) is 5.69 Å². The van der Waals surface area contributed by atoms with Crippen LogP contribution in [0.1, 0.15) is 6.42 Å². The lowest BCUT2D eigenvalue weighted by Crippen LogP contribution is -2.24. The maximum atomic E-state index is 11.8. The number of anilines is 1. The number of fused-ring (bicyclic) bond motifs is 1. The number of aryl methyl sites for hydroxylation is 1. The van der Waals surface area contributed by atoms with Crippen LogP contribution in [0.3, 0.4) is 0 Å². The number of nitrogens with zero attached hydrogens (tertiary/aromatic N) is 3. The molecular weight excluding hydrogens is 234 g/mol. The van der Waals surface area contributed by atoms with Gasteiger partial charge < -0.3 is 4.90 Å². The van der Waals surface area contributed by atoms with E-state index in [-0.39, 0.29) is 11.2 Å². The predicted octanol–water partition coefficient (Wildman–Crippen LogP) is 1.61. The predicted molar refractivity (Wildman–Crippen MR) is 70.5 cm³/mol. The number of hydrogen-bond donors (Lipinski definition) is 1. The summed E-state index contributed by atoms with van der Waals surface area (Å²) in [5.74, 6) is 0.147. The molecule has 2 heterocycles. The molecule has 5 heteroatoms. The SMILES string of the molecule is Cn1ncc2cc(N3CC(S)CC3=O)ccc21. The summed E-state index contributed by atoms with van der Waals surface area (Å²) in [6.45, 7) is 0.688. The van der Waals surface area contributed by atoms with Gasteiger partial charge in [-0.15, -0.1) is 0 Å². The molecule has 1 atom stereocenters. The highest BCUT2D eigenvalue weighted by atomic mass is 32.1. The van der Waals surface area contributed by atoms with Gasteiger partial charge in [0.15, 0.2) is 0 Å². The van der Waals surface area contributed by atoms with Crippen molar-refractivity contribution >= 4 is 35.1 Å². The molecule has 1 aromatic carbocycles. The van der Waals surface area contributed by atoms with Gasteiger partial charge in [-0.3, -0.25) is 9.48 Å². The molecule has 1 unspecified atom stereocenters. The Morgan fingerprint density at radius 3 is 3.00 bits per heavy atom. The highest BCUT2D eigenvalue weighted by molar-refractivity contribution is 7.81. The van der Waals surface area contributed by atoms with E-state index in [1.165, 1.54) is 0 Å². The van der Waals surface area contributed by atoms with Crippen LogP contribution < -0.4 is 4.90 Å². The largest absolute Gasteiger partial charge is 0.311 e. The Bertz CT molecular complexity index is 592. The molecule has 1 saturated heterocycles. The first-order valence-corrected chi connectivity index (χ1v) is 6.07. The van der Waals surface area contributed by atoms with Crippen molar-refractivity contribution in [3.05, 3.63) is 24.4 Å². The Kier molecular flexibility index (Phi) is 2.36. The smallest absolute Gasteiger partial charge is 0.228 e. The third-order valence-electron chi connectivity index (χ3n) is 3.15. The second-order valence-corrected chi connectivity index (χ2v) is 5.10. The third kappa shape index (κ3) is 1.70. The molecule has 3 rings (SSSR count). The van der Waals surface area contributed by atoms with Gasteiger partial charge in [0.1, 0.15) is 0 Å². The summed E-state index contributed by atoms with van der Waals surface area (Å²) in [4.78, 5) is 13.6. The molecule has 0 bridgehead atoms. The summed E-state index contributed by atoms with van der Waals surface area (Å²) >= 11 is 4.36. The van der Waals surface area contributed by atoms with Crippen LogP contribution in [0.2, 0.25) is 0 Å². The van der Waals surface area contributed by atoms with E-state index in [4.69, 9.17) is 0 Å². The fraction of sp³-hybridized carbons (Fsp3) is 0.333. The molecule has 1 aromatic heterocycles. The van der Waals surface area contributed by atoms with Crippen LogP contribution >= 0.6 is 12.6 Å². The normalized spacial score (nSPS) is 20.5. The number of amides is 1. The number of carbonyl (C=O) groups excluding carboxylic acids is 1. The minimum absolute atomic E-state index is 0.145. The quantitative estimate of drug-likeness (QED) is 0.777. The molecule has 17 heavy (non-hydrogen) atoms. The summed E-state index contributed by atoms with van der Waals surface area (Å²) in [6, 6.07) is 5.97. The minimum atomic E-state index is 0.145. The first-order chi connectivity index (χ1) is 8.15. The van der Waals surface area contributed by atoms with Crippen LogP contribution in [-0.4, -0.2) is 27.5 Å². The summed E-state index contributed by atoms with van der Waals surface area (Å²) in [6.07, 6.45) is 2.34. The zero-order chi connectivity index (χ0) is 12.0. The van der Waals surface area contributed by atoms with Crippen LogP contribution in [-0.2, 0) is 11.8 Å². The molecule has 2 aromatic rings. The Morgan fingerprint density at radius 1 is 1.47 bits per heavy atom. The first-order valence-electron chi connectivity index (χ1n) is 5.55. The van der Waals surface area contributed by atoms with E-state index in [1.807, 2.05) is 36.1 Å². The van der Waals surface area contributed by atoms with Gasteiger partial charge in [0, 0.05) is 36.3 Å². The third-order valence-corrected chi connectivity index (χ3v) is 3.49. The molecule has 1 amide bonds. The molecule has 4 nitrogen and oxygen atoms in total. The van der Waals surface area contributed by atoms with Crippen LogP contribution in [0.25, 0.3) is 10.9 Å². The average Bonchev–Trinajstić information content (AvgIpc) is 2.82.